The van der Waals surface area contributed by atoms with Crippen LogP contribution in [-0.4, -0.2) is 18.9 Å². The van der Waals surface area contributed by atoms with Crippen molar-refractivity contribution in [3.8, 4) is 5.95 Å². The highest BCUT2D eigenvalue weighted by Gasteiger charge is 2.25. The molecule has 0 saturated carbocycles. The van der Waals surface area contributed by atoms with Gasteiger partial charge in [0.2, 0.25) is 5.95 Å². The van der Waals surface area contributed by atoms with Gasteiger partial charge in [0.1, 0.15) is 0 Å². The molecule has 0 atom stereocenters. The fourth-order valence-electron chi connectivity index (χ4n) is 8.07. The molecule has 0 fully saturated rings. The largest absolute Gasteiger partial charge is 0.307 e. The summed E-state index contributed by atoms with van der Waals surface area (Å²) in [5, 5.41) is 9.84. The summed E-state index contributed by atoms with van der Waals surface area (Å²) in [6.07, 6.45) is 14.5. The molecule has 1 aliphatic carbocycles. The fraction of sp³-hybridized carbons (Fsp3) is 0.0698. The molecule has 0 spiro atoms. The average Bonchev–Trinajstić information content (AvgIpc) is 3.77. The van der Waals surface area contributed by atoms with Gasteiger partial charge in [-0.2, -0.15) is 0 Å². The molecule has 0 N–H and O–H groups in total. The zero-order valence-electron chi connectivity index (χ0n) is 26.0. The highest BCUT2D eigenvalue weighted by molar-refractivity contribution is 6.29. The van der Waals surface area contributed by atoms with Crippen molar-refractivity contribution in [1.82, 2.24) is 18.9 Å². The molecule has 5 aromatic carbocycles. The van der Waals surface area contributed by atoms with E-state index in [4.69, 9.17) is 9.97 Å². The van der Waals surface area contributed by atoms with E-state index in [0.29, 0.717) is 5.95 Å². The van der Waals surface area contributed by atoms with Gasteiger partial charge in [-0.05, 0) is 31.9 Å². The summed E-state index contributed by atoms with van der Waals surface area (Å²) >= 11 is 0. The van der Waals surface area contributed by atoms with Gasteiger partial charge >= 0.3 is 0 Å². The molecule has 0 bridgehead atoms. The lowest BCUT2D eigenvalue weighted by Gasteiger charge is -2.15. The lowest BCUT2D eigenvalue weighted by molar-refractivity contribution is 0.851. The number of fused-ring (bicyclic) bond motifs is 13. The predicted octanol–water partition coefficient (Wildman–Crippen LogP) is 11.0. The molecule has 0 aliphatic heterocycles. The molecule has 0 saturated heterocycles. The SMILES string of the molecule is C=C/C(=C\C=C/C)c1nc(-n2c3c(c4ccc5c(ccc6c7cccc8c9ccccc9n(c56)c87)c42)C=CCC3)nc2ccccc12. The van der Waals surface area contributed by atoms with Gasteiger partial charge in [0.05, 0.1) is 33.3 Å². The van der Waals surface area contributed by atoms with Gasteiger partial charge < -0.3 is 4.40 Å². The van der Waals surface area contributed by atoms with Crippen molar-refractivity contribution in [2.75, 3.05) is 0 Å². The standard InChI is InChI=1S/C43H30N4/c1-3-5-13-26(4-2)39-35-16-6-9-19-36(35)44-43(45-39)47-38-21-11-8-15-28(38)31-22-23-33-34(42(31)47)25-24-32-30-18-12-17-29-27-14-7-10-20-37(27)46(40(29)30)41(32)33/h3-10,12-20,22-25H,2,11,21H2,1H3/b5-3-,26-13+. The van der Waals surface area contributed by atoms with E-state index >= 15 is 0 Å². The van der Waals surface area contributed by atoms with E-state index in [9.17, 15) is 0 Å². The van der Waals surface area contributed by atoms with Crippen LogP contribution in [0.5, 0.6) is 0 Å². The van der Waals surface area contributed by atoms with E-state index < -0.39 is 0 Å². The van der Waals surface area contributed by atoms with Gasteiger partial charge in [-0.25, -0.2) is 9.97 Å². The summed E-state index contributed by atoms with van der Waals surface area (Å²) in [5.74, 6) is 0.693. The molecule has 10 rings (SSSR count). The topological polar surface area (TPSA) is 35.1 Å². The molecular formula is C43H30N4. The Morgan fingerprint density at radius 1 is 0.702 bits per heavy atom. The Morgan fingerprint density at radius 3 is 2.15 bits per heavy atom. The first-order chi connectivity index (χ1) is 23.3. The minimum Gasteiger partial charge on any atom is -0.307 e. The maximum atomic E-state index is 5.35. The number of hydrogen-bond acceptors (Lipinski definition) is 2. The first-order valence-electron chi connectivity index (χ1n) is 16.3. The van der Waals surface area contributed by atoms with Crippen LogP contribution in [0.4, 0.5) is 0 Å². The number of hydrogen-bond donors (Lipinski definition) is 0. The van der Waals surface area contributed by atoms with Gasteiger partial charge in [-0.3, -0.25) is 4.57 Å². The monoisotopic (exact) mass is 602 g/mol. The third-order valence-corrected chi connectivity index (χ3v) is 10.0. The number of benzene rings is 5. The van der Waals surface area contributed by atoms with Crippen LogP contribution in [0.1, 0.15) is 30.3 Å². The third-order valence-electron chi connectivity index (χ3n) is 10.0. The van der Waals surface area contributed by atoms with Crippen LogP contribution >= 0.6 is 0 Å². The molecule has 4 aromatic heterocycles. The number of para-hydroxylation sites is 3. The van der Waals surface area contributed by atoms with Gasteiger partial charge in [0.15, 0.2) is 0 Å². The maximum absolute atomic E-state index is 5.35. The Morgan fingerprint density at radius 2 is 1.36 bits per heavy atom. The highest BCUT2D eigenvalue weighted by Crippen LogP contribution is 2.44. The lowest BCUT2D eigenvalue weighted by atomic mass is 9.99. The van der Waals surface area contributed by atoms with Gasteiger partial charge in [-0.15, -0.1) is 0 Å². The van der Waals surface area contributed by atoms with Crippen LogP contribution in [0.3, 0.4) is 0 Å². The van der Waals surface area contributed by atoms with Crippen molar-refractivity contribution in [3.05, 3.63) is 145 Å². The van der Waals surface area contributed by atoms with Gasteiger partial charge in [0.25, 0.3) is 0 Å². The quantitative estimate of drug-likeness (QED) is 0.188. The second-order valence-electron chi connectivity index (χ2n) is 12.5. The molecule has 0 unspecified atom stereocenters. The van der Waals surface area contributed by atoms with E-state index in [1.807, 2.05) is 25.2 Å². The molecule has 4 heteroatoms. The molecule has 1 aliphatic rings. The Balaban J connectivity index is 1.38. The Kier molecular flexibility index (Phi) is 5.44. The van der Waals surface area contributed by atoms with Crippen LogP contribution in [0, 0.1) is 0 Å². The van der Waals surface area contributed by atoms with Crippen molar-refractivity contribution in [1.29, 1.82) is 0 Å². The number of nitrogens with zero attached hydrogens (tertiary/aromatic N) is 4. The average molecular weight is 603 g/mol. The lowest BCUT2D eigenvalue weighted by Crippen LogP contribution is -2.09. The van der Waals surface area contributed by atoms with Crippen LogP contribution in [-0.2, 0) is 6.42 Å². The van der Waals surface area contributed by atoms with Crippen molar-refractivity contribution < 1.29 is 0 Å². The van der Waals surface area contributed by atoms with Crippen molar-refractivity contribution >= 4 is 82.3 Å². The normalized spacial score (nSPS) is 13.9. The van der Waals surface area contributed by atoms with Gasteiger partial charge in [-0.1, -0.05) is 122 Å². The zero-order chi connectivity index (χ0) is 31.2. The summed E-state index contributed by atoms with van der Waals surface area (Å²) in [5.41, 5.74) is 10.2. The van der Waals surface area contributed by atoms with Crippen LogP contribution < -0.4 is 0 Å². The third kappa shape index (κ3) is 3.47. The van der Waals surface area contributed by atoms with Crippen LogP contribution in [0.2, 0.25) is 0 Å². The molecule has 0 amide bonds. The number of aromatic nitrogens is 4. The molecular weight excluding hydrogens is 573 g/mol. The maximum Gasteiger partial charge on any atom is 0.235 e. The van der Waals surface area contributed by atoms with E-state index in [-0.39, 0.29) is 0 Å². The van der Waals surface area contributed by atoms with E-state index in [1.165, 1.54) is 65.5 Å². The minimum absolute atomic E-state index is 0.693. The van der Waals surface area contributed by atoms with E-state index in [1.54, 1.807) is 0 Å². The van der Waals surface area contributed by atoms with Crippen molar-refractivity contribution in [2.45, 2.75) is 19.8 Å². The Bertz CT molecular complexity index is 2870. The zero-order valence-corrected chi connectivity index (χ0v) is 26.0. The summed E-state index contributed by atoms with van der Waals surface area (Å²) in [6, 6.07) is 33.1. The Hall–Kier alpha value is -6.00. The second kappa shape index (κ2) is 9.75. The number of rotatable bonds is 4. The smallest absolute Gasteiger partial charge is 0.235 e. The molecule has 222 valence electrons. The molecule has 0 radical (unpaired) electrons. The van der Waals surface area contributed by atoms with Crippen molar-refractivity contribution in [3.63, 3.8) is 0 Å². The van der Waals surface area contributed by atoms with E-state index in [2.05, 4.69) is 125 Å². The highest BCUT2D eigenvalue weighted by atomic mass is 15.2. The molecule has 47 heavy (non-hydrogen) atoms. The minimum atomic E-state index is 0.693. The summed E-state index contributed by atoms with van der Waals surface area (Å²) in [6.45, 7) is 6.18. The summed E-state index contributed by atoms with van der Waals surface area (Å²) in [4.78, 5) is 10.6. The van der Waals surface area contributed by atoms with E-state index in [0.717, 1.165) is 40.5 Å². The fourth-order valence-corrected chi connectivity index (χ4v) is 8.07. The molecule has 9 aromatic rings. The predicted molar refractivity (Wildman–Crippen MR) is 199 cm³/mol. The van der Waals surface area contributed by atoms with Crippen LogP contribution in [0.15, 0.2) is 128 Å². The summed E-state index contributed by atoms with van der Waals surface area (Å²) < 4.78 is 4.84. The van der Waals surface area contributed by atoms with Gasteiger partial charge in [0, 0.05) is 59.9 Å². The van der Waals surface area contributed by atoms with Crippen LogP contribution in [0.25, 0.3) is 88.3 Å². The Labute approximate surface area is 271 Å². The molecule has 4 heterocycles. The first kappa shape index (κ1) is 26.2. The van der Waals surface area contributed by atoms with Crippen molar-refractivity contribution in [2.24, 2.45) is 0 Å². The molecule has 4 nitrogen and oxygen atoms in total. The first-order valence-corrected chi connectivity index (χ1v) is 16.3. The second-order valence-corrected chi connectivity index (χ2v) is 12.5. The number of allylic oxidation sites excluding steroid dienone is 6. The summed E-state index contributed by atoms with van der Waals surface area (Å²) in [7, 11) is 0.